The molecule has 1 saturated heterocycles. The van der Waals surface area contributed by atoms with Gasteiger partial charge in [-0.2, -0.15) is 5.10 Å². The number of benzene rings is 2. The number of fused-ring (bicyclic) bond motifs is 2. The number of carbonyl (C=O) groups is 1. The van der Waals surface area contributed by atoms with Crippen LogP contribution in [0, 0.1) is 12.7 Å². The summed E-state index contributed by atoms with van der Waals surface area (Å²) in [7, 11) is 0. The molecule has 2 N–H and O–H groups in total. The first kappa shape index (κ1) is 22.2. The van der Waals surface area contributed by atoms with Crippen molar-refractivity contribution in [2.45, 2.75) is 56.5 Å². The molecule has 1 aliphatic heterocycles. The predicted molar refractivity (Wildman–Crippen MR) is 128 cm³/mol. The molecule has 0 spiro atoms. The summed E-state index contributed by atoms with van der Waals surface area (Å²) in [5.74, 6) is -1.73. The lowest BCUT2D eigenvalue weighted by molar-refractivity contribution is -0.150. The molecular formula is C27H27F2N3O3. The number of nitrogens with zero attached hydrogens (tertiary/aromatic N) is 2. The number of H-pyrrole nitrogens is 1. The Kier molecular flexibility index (Phi) is 5.18. The molecule has 3 heterocycles. The minimum absolute atomic E-state index is 0.00511. The van der Waals surface area contributed by atoms with Crippen molar-refractivity contribution in [3.05, 3.63) is 59.2 Å². The lowest BCUT2D eigenvalue weighted by Gasteiger charge is -2.27. The Morgan fingerprint density at radius 3 is 2.71 bits per heavy atom. The molecule has 0 unspecified atom stereocenters. The summed E-state index contributed by atoms with van der Waals surface area (Å²) in [6.07, 6.45) is 3.80. The third kappa shape index (κ3) is 3.54. The summed E-state index contributed by atoms with van der Waals surface area (Å²) in [5.41, 5.74) is 3.03. The van der Waals surface area contributed by atoms with Gasteiger partial charge in [-0.3, -0.25) is 5.10 Å². The van der Waals surface area contributed by atoms with Crippen molar-refractivity contribution >= 4 is 27.8 Å². The normalized spacial score (nSPS) is 23.5. The van der Waals surface area contributed by atoms with Crippen molar-refractivity contribution in [3.8, 4) is 5.69 Å². The van der Waals surface area contributed by atoms with E-state index in [1.165, 1.54) is 6.07 Å². The van der Waals surface area contributed by atoms with Crippen molar-refractivity contribution in [2.24, 2.45) is 0 Å². The fourth-order valence-electron chi connectivity index (χ4n) is 6.06. The van der Waals surface area contributed by atoms with E-state index in [0.29, 0.717) is 25.2 Å². The van der Waals surface area contributed by atoms with E-state index in [0.717, 1.165) is 51.6 Å². The highest BCUT2D eigenvalue weighted by atomic mass is 19.1. The van der Waals surface area contributed by atoms with Gasteiger partial charge in [-0.05, 0) is 86.4 Å². The maximum absolute atomic E-state index is 15.3. The third-order valence-corrected chi connectivity index (χ3v) is 7.86. The van der Waals surface area contributed by atoms with Crippen LogP contribution in [0.5, 0.6) is 0 Å². The van der Waals surface area contributed by atoms with E-state index in [-0.39, 0.29) is 30.5 Å². The summed E-state index contributed by atoms with van der Waals surface area (Å²) in [6, 6.07) is 9.20. The molecule has 1 aliphatic carbocycles. The number of rotatable bonds is 4. The molecule has 6 nitrogen and oxygen atoms in total. The van der Waals surface area contributed by atoms with Crippen LogP contribution in [-0.4, -0.2) is 44.7 Å². The third-order valence-electron chi connectivity index (χ3n) is 7.86. The van der Waals surface area contributed by atoms with Crippen molar-refractivity contribution < 1.29 is 23.4 Å². The number of carboxylic acids is 1. The number of hydrogen-bond donors (Lipinski definition) is 2. The number of aliphatic carboxylic acids is 1. The summed E-state index contributed by atoms with van der Waals surface area (Å²) >= 11 is 0. The van der Waals surface area contributed by atoms with Crippen molar-refractivity contribution in [1.29, 1.82) is 0 Å². The van der Waals surface area contributed by atoms with Crippen LogP contribution in [0.25, 0.3) is 27.5 Å². The van der Waals surface area contributed by atoms with Crippen LogP contribution >= 0.6 is 0 Å². The van der Waals surface area contributed by atoms with Gasteiger partial charge in [-0.25, -0.2) is 13.6 Å². The molecule has 2 aromatic heterocycles. The number of ether oxygens (including phenoxy) is 1. The van der Waals surface area contributed by atoms with E-state index in [2.05, 4.69) is 20.8 Å². The molecular weight excluding hydrogens is 452 g/mol. The van der Waals surface area contributed by atoms with Gasteiger partial charge in [-0.1, -0.05) is 0 Å². The molecule has 1 saturated carbocycles. The van der Waals surface area contributed by atoms with E-state index < -0.39 is 11.6 Å². The Hall–Kier alpha value is -3.26. The zero-order valence-corrected chi connectivity index (χ0v) is 19.5. The molecule has 8 heteroatoms. The van der Waals surface area contributed by atoms with E-state index in [9.17, 15) is 14.3 Å². The Morgan fingerprint density at radius 1 is 1.20 bits per heavy atom. The van der Waals surface area contributed by atoms with E-state index in [4.69, 9.17) is 4.74 Å². The Bertz CT molecular complexity index is 1450. The second-order valence-electron chi connectivity index (χ2n) is 9.99. The molecule has 0 bridgehead atoms. The maximum atomic E-state index is 15.3. The number of alkyl halides is 1. The lowest BCUT2D eigenvalue weighted by Crippen LogP contribution is -2.30. The van der Waals surface area contributed by atoms with Gasteiger partial charge in [-0.15, -0.1) is 0 Å². The molecule has 0 radical (unpaired) electrons. The fraction of sp³-hybridized carbons (Fsp3) is 0.407. The maximum Gasteiger partial charge on any atom is 0.341 e. The Labute approximate surface area is 200 Å². The van der Waals surface area contributed by atoms with Gasteiger partial charge in [0.25, 0.3) is 0 Å². The van der Waals surface area contributed by atoms with Gasteiger partial charge >= 0.3 is 5.97 Å². The highest BCUT2D eigenvalue weighted by molar-refractivity contribution is 5.99. The lowest BCUT2D eigenvalue weighted by atomic mass is 9.86. The summed E-state index contributed by atoms with van der Waals surface area (Å²) in [4.78, 5) is 11.7. The summed E-state index contributed by atoms with van der Waals surface area (Å²) in [6.45, 7) is 3.01. The van der Waals surface area contributed by atoms with Crippen molar-refractivity contribution in [1.82, 2.24) is 14.8 Å². The number of halogens is 2. The highest BCUT2D eigenvalue weighted by Crippen LogP contribution is 2.50. The van der Waals surface area contributed by atoms with Crippen LogP contribution in [0.15, 0.2) is 36.5 Å². The molecule has 4 aromatic rings. The molecule has 2 fully saturated rings. The molecule has 2 aliphatic rings. The number of aryl methyl sites for hydroxylation is 1. The summed E-state index contributed by atoms with van der Waals surface area (Å²) in [5, 5.41) is 18.7. The first-order valence-electron chi connectivity index (χ1n) is 12.1. The smallest absolute Gasteiger partial charge is 0.341 e. The molecule has 0 amide bonds. The number of aromatic nitrogens is 3. The Morgan fingerprint density at radius 2 is 2.00 bits per heavy atom. The SMILES string of the molecule is Cc1cc(-n2c(C3CCOCC3)c([C@@H]3CC[C@@](F)(C(=O)O)C3)c3cc4[nH]ncc4cc32)ccc1F. The van der Waals surface area contributed by atoms with E-state index >= 15 is 4.39 Å². The monoisotopic (exact) mass is 479 g/mol. The average Bonchev–Trinajstić information content (AvgIpc) is 3.55. The van der Waals surface area contributed by atoms with Gasteiger partial charge < -0.3 is 14.4 Å². The average molecular weight is 480 g/mol. The van der Waals surface area contributed by atoms with Crippen molar-refractivity contribution in [3.63, 3.8) is 0 Å². The highest BCUT2D eigenvalue weighted by Gasteiger charge is 2.48. The molecule has 6 rings (SSSR count). The van der Waals surface area contributed by atoms with Gasteiger partial charge in [0.15, 0.2) is 0 Å². The van der Waals surface area contributed by atoms with Gasteiger partial charge in [0.05, 0.1) is 17.2 Å². The minimum Gasteiger partial charge on any atom is -0.479 e. The van der Waals surface area contributed by atoms with Crippen LogP contribution in [0.1, 0.15) is 60.8 Å². The molecule has 2 aromatic carbocycles. The zero-order chi connectivity index (χ0) is 24.3. The standard InChI is InChI=1S/C27H27F2N3O3/c1-15-10-19(2-3-21(15)28)32-23-11-18-14-30-31-22(18)12-20(23)24(25(32)16-5-8-35-9-6-16)17-4-7-27(29,13-17)26(33)34/h2-3,10-12,14,16-17H,4-9,13H2,1H3,(H,30,31)(H,33,34)/t17-,27+/m1/s1. The second kappa shape index (κ2) is 8.16. The predicted octanol–water partition coefficient (Wildman–Crippen LogP) is 5.91. The molecule has 182 valence electrons. The van der Waals surface area contributed by atoms with Gasteiger partial charge in [0.1, 0.15) is 5.82 Å². The number of carboxylic acid groups (broad SMARTS) is 1. The van der Waals surface area contributed by atoms with Gasteiger partial charge in [0.2, 0.25) is 5.67 Å². The van der Waals surface area contributed by atoms with Gasteiger partial charge in [0, 0.05) is 41.3 Å². The second-order valence-corrected chi connectivity index (χ2v) is 9.99. The Balaban J connectivity index is 1.67. The quantitative estimate of drug-likeness (QED) is 0.381. The van der Waals surface area contributed by atoms with Crippen LogP contribution in [-0.2, 0) is 9.53 Å². The van der Waals surface area contributed by atoms with Crippen molar-refractivity contribution in [2.75, 3.05) is 13.2 Å². The number of hydrogen-bond acceptors (Lipinski definition) is 3. The first-order chi connectivity index (χ1) is 16.9. The van der Waals surface area contributed by atoms with Crippen LogP contribution in [0.3, 0.4) is 0 Å². The number of nitrogens with one attached hydrogen (secondary N) is 1. The molecule has 35 heavy (non-hydrogen) atoms. The topological polar surface area (TPSA) is 80.1 Å². The number of aromatic amines is 1. The molecule has 2 atom stereocenters. The zero-order valence-electron chi connectivity index (χ0n) is 19.5. The fourth-order valence-corrected chi connectivity index (χ4v) is 6.06. The van der Waals surface area contributed by atoms with Crippen LogP contribution in [0.4, 0.5) is 8.78 Å². The minimum atomic E-state index is -2.23. The van der Waals surface area contributed by atoms with E-state index in [1.807, 2.05) is 12.1 Å². The van der Waals surface area contributed by atoms with E-state index in [1.54, 1.807) is 19.2 Å². The first-order valence-corrected chi connectivity index (χ1v) is 12.1. The van der Waals surface area contributed by atoms with Crippen LogP contribution in [0.2, 0.25) is 0 Å². The van der Waals surface area contributed by atoms with Crippen LogP contribution < -0.4 is 0 Å². The summed E-state index contributed by atoms with van der Waals surface area (Å²) < 4.78 is 37.3. The largest absolute Gasteiger partial charge is 0.479 e.